The molecule has 0 saturated carbocycles. The predicted molar refractivity (Wildman–Crippen MR) is 124 cm³/mol. The minimum Gasteiger partial charge on any atom is -0.496 e. The number of anilines is 1. The molecule has 0 spiro atoms. The fraction of sp³-hybridized carbons (Fsp3) is 0.227. The third-order valence-corrected chi connectivity index (χ3v) is 5.70. The Morgan fingerprint density at radius 1 is 1.17 bits per heavy atom. The molecule has 0 aromatic heterocycles. The molecule has 2 aromatic carbocycles. The standard InChI is InChI=1S/C22H22N2O4S2/c1-3-28-18-11-7-5-9-16(18)23-20(25)12-13-24-21(26)19(30-22(24)29)14-15-8-4-6-10-17(15)27-2/h4-11,14H,3,12-13H2,1-2H3,(H,23,25)/b19-14-. The number of para-hydroxylation sites is 3. The minimum absolute atomic E-state index is 0.120. The number of hydrogen-bond donors (Lipinski definition) is 1. The number of nitrogens with zero attached hydrogens (tertiary/aromatic N) is 1. The molecule has 2 aromatic rings. The lowest BCUT2D eigenvalue weighted by atomic mass is 10.2. The van der Waals surface area contributed by atoms with Crippen molar-refractivity contribution in [1.82, 2.24) is 4.90 Å². The van der Waals surface area contributed by atoms with Crippen molar-refractivity contribution in [2.24, 2.45) is 0 Å². The number of benzene rings is 2. The van der Waals surface area contributed by atoms with Crippen molar-refractivity contribution in [2.45, 2.75) is 13.3 Å². The van der Waals surface area contributed by atoms with Gasteiger partial charge in [-0.1, -0.05) is 54.3 Å². The first-order valence-electron chi connectivity index (χ1n) is 9.43. The number of methoxy groups -OCH3 is 1. The Morgan fingerprint density at radius 3 is 2.60 bits per heavy atom. The van der Waals surface area contributed by atoms with E-state index < -0.39 is 0 Å². The first-order valence-corrected chi connectivity index (χ1v) is 10.7. The van der Waals surface area contributed by atoms with Crippen molar-refractivity contribution in [3.63, 3.8) is 0 Å². The Hall–Kier alpha value is -2.84. The molecule has 0 bridgehead atoms. The summed E-state index contributed by atoms with van der Waals surface area (Å²) in [6, 6.07) is 14.7. The molecular weight excluding hydrogens is 420 g/mol. The van der Waals surface area contributed by atoms with Gasteiger partial charge in [0.05, 0.1) is 24.3 Å². The third kappa shape index (κ3) is 5.20. The molecule has 8 heteroatoms. The van der Waals surface area contributed by atoms with E-state index in [1.54, 1.807) is 25.3 Å². The van der Waals surface area contributed by atoms with E-state index in [-0.39, 0.29) is 24.8 Å². The molecule has 156 valence electrons. The fourth-order valence-electron chi connectivity index (χ4n) is 2.90. The minimum atomic E-state index is -0.218. The summed E-state index contributed by atoms with van der Waals surface area (Å²) in [5.41, 5.74) is 1.40. The van der Waals surface area contributed by atoms with Crippen LogP contribution in [0.25, 0.3) is 6.08 Å². The van der Waals surface area contributed by atoms with E-state index in [2.05, 4.69) is 5.32 Å². The normalized spacial score (nSPS) is 14.9. The van der Waals surface area contributed by atoms with Gasteiger partial charge in [-0.25, -0.2) is 0 Å². The molecule has 1 fully saturated rings. The highest BCUT2D eigenvalue weighted by atomic mass is 32.2. The van der Waals surface area contributed by atoms with Gasteiger partial charge < -0.3 is 14.8 Å². The highest BCUT2D eigenvalue weighted by molar-refractivity contribution is 8.26. The molecule has 0 aliphatic carbocycles. The number of amides is 2. The number of carbonyl (C=O) groups excluding carboxylic acids is 2. The maximum atomic E-state index is 12.8. The van der Waals surface area contributed by atoms with Gasteiger partial charge in [0, 0.05) is 18.5 Å². The van der Waals surface area contributed by atoms with Crippen LogP contribution in [0.1, 0.15) is 18.9 Å². The summed E-state index contributed by atoms with van der Waals surface area (Å²) in [6.07, 6.45) is 1.88. The van der Waals surface area contributed by atoms with Crippen LogP contribution in [0.4, 0.5) is 5.69 Å². The lowest BCUT2D eigenvalue weighted by molar-refractivity contribution is -0.122. The number of thiocarbonyl (C=S) groups is 1. The molecule has 1 saturated heterocycles. The molecule has 0 radical (unpaired) electrons. The lowest BCUT2D eigenvalue weighted by Crippen LogP contribution is -2.31. The topological polar surface area (TPSA) is 67.9 Å². The first-order chi connectivity index (χ1) is 14.5. The van der Waals surface area contributed by atoms with Crippen LogP contribution in [0.15, 0.2) is 53.4 Å². The van der Waals surface area contributed by atoms with Gasteiger partial charge in [-0.15, -0.1) is 0 Å². The number of nitrogens with one attached hydrogen (secondary N) is 1. The molecule has 0 atom stereocenters. The van der Waals surface area contributed by atoms with Gasteiger partial charge in [0.1, 0.15) is 15.8 Å². The second-order valence-electron chi connectivity index (χ2n) is 6.30. The van der Waals surface area contributed by atoms with Crippen LogP contribution >= 0.6 is 24.0 Å². The van der Waals surface area contributed by atoms with E-state index in [0.29, 0.717) is 33.0 Å². The van der Waals surface area contributed by atoms with Crippen molar-refractivity contribution < 1.29 is 19.1 Å². The lowest BCUT2D eigenvalue weighted by Gasteiger charge is -2.15. The zero-order valence-corrected chi connectivity index (χ0v) is 18.3. The number of carbonyl (C=O) groups is 2. The van der Waals surface area contributed by atoms with Crippen molar-refractivity contribution in [3.8, 4) is 11.5 Å². The summed E-state index contributed by atoms with van der Waals surface area (Å²) in [6.45, 7) is 2.59. The zero-order chi connectivity index (χ0) is 21.5. The molecule has 30 heavy (non-hydrogen) atoms. The van der Waals surface area contributed by atoms with Gasteiger partial charge in [0.2, 0.25) is 5.91 Å². The van der Waals surface area contributed by atoms with Crippen LogP contribution in [-0.2, 0) is 9.59 Å². The van der Waals surface area contributed by atoms with Crippen molar-refractivity contribution in [3.05, 3.63) is 59.0 Å². The molecule has 6 nitrogen and oxygen atoms in total. The number of hydrogen-bond acceptors (Lipinski definition) is 6. The predicted octanol–water partition coefficient (Wildman–Crippen LogP) is 4.32. The highest BCUT2D eigenvalue weighted by Gasteiger charge is 2.32. The Bertz CT molecular complexity index is 991. The van der Waals surface area contributed by atoms with Crippen LogP contribution in [-0.4, -0.2) is 41.3 Å². The first kappa shape index (κ1) is 21.9. The quantitative estimate of drug-likeness (QED) is 0.485. The Morgan fingerprint density at radius 2 is 1.87 bits per heavy atom. The van der Waals surface area contributed by atoms with E-state index in [1.807, 2.05) is 43.3 Å². The van der Waals surface area contributed by atoms with Crippen molar-refractivity contribution >= 4 is 51.9 Å². The maximum Gasteiger partial charge on any atom is 0.266 e. The zero-order valence-electron chi connectivity index (χ0n) is 16.7. The third-order valence-electron chi connectivity index (χ3n) is 4.32. The van der Waals surface area contributed by atoms with E-state index >= 15 is 0 Å². The van der Waals surface area contributed by atoms with E-state index in [1.165, 1.54) is 16.7 Å². The highest BCUT2D eigenvalue weighted by Crippen LogP contribution is 2.34. The van der Waals surface area contributed by atoms with Crippen molar-refractivity contribution in [2.75, 3.05) is 25.6 Å². The summed E-state index contributed by atoms with van der Waals surface area (Å²) in [5.74, 6) is 0.858. The van der Waals surface area contributed by atoms with Gasteiger partial charge in [0.15, 0.2) is 0 Å². The molecule has 1 N–H and O–H groups in total. The van der Waals surface area contributed by atoms with Crippen LogP contribution in [0.5, 0.6) is 11.5 Å². The summed E-state index contributed by atoms with van der Waals surface area (Å²) in [7, 11) is 1.58. The largest absolute Gasteiger partial charge is 0.496 e. The SMILES string of the molecule is CCOc1ccccc1NC(=O)CCN1C(=O)/C(=C/c2ccccc2OC)SC1=S. The van der Waals surface area contributed by atoms with Gasteiger partial charge >= 0.3 is 0 Å². The van der Waals surface area contributed by atoms with Crippen LogP contribution in [0.3, 0.4) is 0 Å². The average molecular weight is 443 g/mol. The summed E-state index contributed by atoms with van der Waals surface area (Å²) < 4.78 is 11.3. The Kier molecular flexibility index (Phi) is 7.48. The second-order valence-corrected chi connectivity index (χ2v) is 7.98. The molecule has 1 aliphatic rings. The van der Waals surface area contributed by atoms with Crippen molar-refractivity contribution in [1.29, 1.82) is 0 Å². The number of ether oxygens (including phenoxy) is 2. The van der Waals surface area contributed by atoms with E-state index in [0.717, 1.165) is 5.56 Å². The van der Waals surface area contributed by atoms with Gasteiger partial charge in [0.25, 0.3) is 5.91 Å². The van der Waals surface area contributed by atoms with Gasteiger partial charge in [-0.05, 0) is 31.2 Å². The van der Waals surface area contributed by atoms with Gasteiger partial charge in [-0.3, -0.25) is 14.5 Å². The molecule has 1 aliphatic heterocycles. The summed E-state index contributed by atoms with van der Waals surface area (Å²) >= 11 is 6.58. The summed E-state index contributed by atoms with van der Waals surface area (Å²) in [5, 5.41) is 2.83. The molecule has 3 rings (SSSR count). The molecule has 1 heterocycles. The van der Waals surface area contributed by atoms with Gasteiger partial charge in [-0.2, -0.15) is 0 Å². The Labute approximate surface area is 185 Å². The maximum absolute atomic E-state index is 12.8. The molecule has 0 unspecified atom stereocenters. The fourth-order valence-corrected chi connectivity index (χ4v) is 4.20. The Balaban J connectivity index is 1.63. The van der Waals surface area contributed by atoms with Crippen LogP contribution in [0.2, 0.25) is 0 Å². The second kappa shape index (κ2) is 10.3. The number of rotatable bonds is 8. The van der Waals surface area contributed by atoms with Crippen LogP contribution in [0, 0.1) is 0 Å². The van der Waals surface area contributed by atoms with Crippen LogP contribution < -0.4 is 14.8 Å². The molecular formula is C22H22N2O4S2. The number of thioether (sulfide) groups is 1. The smallest absolute Gasteiger partial charge is 0.266 e. The van der Waals surface area contributed by atoms with E-state index in [9.17, 15) is 9.59 Å². The summed E-state index contributed by atoms with van der Waals surface area (Å²) in [4.78, 5) is 27.2. The molecule has 2 amide bonds. The van der Waals surface area contributed by atoms with E-state index in [4.69, 9.17) is 21.7 Å². The average Bonchev–Trinajstić information content (AvgIpc) is 3.01. The monoisotopic (exact) mass is 442 g/mol.